The summed E-state index contributed by atoms with van der Waals surface area (Å²) in [6.07, 6.45) is 3.99. The second-order valence-corrected chi connectivity index (χ2v) is 5.19. The Kier molecular flexibility index (Phi) is 3.31. The predicted molar refractivity (Wildman–Crippen MR) is 61.3 cm³/mol. The summed E-state index contributed by atoms with van der Waals surface area (Å²) in [4.78, 5) is 11.8. The zero-order valence-corrected chi connectivity index (χ0v) is 9.30. The van der Waals surface area contributed by atoms with Crippen molar-refractivity contribution in [3.05, 3.63) is 29.8 Å². The van der Waals surface area contributed by atoms with Gasteiger partial charge in [0.15, 0.2) is 0 Å². The molecule has 0 radical (unpaired) electrons. The van der Waals surface area contributed by atoms with E-state index in [0.29, 0.717) is 5.25 Å². The van der Waals surface area contributed by atoms with E-state index in [1.807, 2.05) is 36.0 Å². The van der Waals surface area contributed by atoms with E-state index >= 15 is 0 Å². The highest BCUT2D eigenvalue weighted by Gasteiger charge is 2.19. The molecular formula is C12H14O2S. The van der Waals surface area contributed by atoms with Gasteiger partial charge in [-0.3, -0.25) is 4.79 Å². The monoisotopic (exact) mass is 222 g/mol. The van der Waals surface area contributed by atoms with E-state index < -0.39 is 5.97 Å². The van der Waals surface area contributed by atoms with Crippen molar-refractivity contribution in [2.45, 2.75) is 35.8 Å². The van der Waals surface area contributed by atoms with Crippen LogP contribution in [-0.2, 0) is 11.2 Å². The van der Waals surface area contributed by atoms with Crippen LogP contribution in [0, 0.1) is 0 Å². The van der Waals surface area contributed by atoms with Crippen LogP contribution in [0.25, 0.3) is 0 Å². The van der Waals surface area contributed by atoms with Crippen molar-refractivity contribution < 1.29 is 9.90 Å². The Morgan fingerprint density at radius 3 is 2.73 bits per heavy atom. The third-order valence-electron chi connectivity index (χ3n) is 2.66. The molecule has 3 heteroatoms. The molecule has 0 atom stereocenters. The first-order valence-electron chi connectivity index (χ1n) is 5.22. The lowest BCUT2D eigenvalue weighted by Gasteiger charge is -2.25. The first-order valence-corrected chi connectivity index (χ1v) is 6.10. The molecule has 0 aliphatic heterocycles. The second kappa shape index (κ2) is 4.71. The van der Waals surface area contributed by atoms with Crippen molar-refractivity contribution >= 4 is 17.7 Å². The third-order valence-corrected chi connectivity index (χ3v) is 4.12. The van der Waals surface area contributed by atoms with Gasteiger partial charge in [0.25, 0.3) is 0 Å². The average molecular weight is 222 g/mol. The van der Waals surface area contributed by atoms with E-state index in [1.165, 1.54) is 19.3 Å². The standard InChI is InChI=1S/C12H14O2S/c13-12(14)8-9-4-1-2-7-11(9)15-10-5-3-6-10/h1-2,4,7,10H,3,5-6,8H2,(H,13,14). The van der Waals surface area contributed by atoms with Crippen molar-refractivity contribution in [3.8, 4) is 0 Å². The minimum absolute atomic E-state index is 0.135. The fourth-order valence-corrected chi connectivity index (χ4v) is 2.97. The fourth-order valence-electron chi connectivity index (χ4n) is 1.60. The molecule has 2 rings (SSSR count). The van der Waals surface area contributed by atoms with Crippen molar-refractivity contribution in [2.75, 3.05) is 0 Å². The maximum atomic E-state index is 10.7. The summed E-state index contributed by atoms with van der Waals surface area (Å²) in [7, 11) is 0. The van der Waals surface area contributed by atoms with Gasteiger partial charge in [-0.25, -0.2) is 0 Å². The number of carbonyl (C=O) groups is 1. The maximum absolute atomic E-state index is 10.7. The highest BCUT2D eigenvalue weighted by atomic mass is 32.2. The van der Waals surface area contributed by atoms with E-state index in [0.717, 1.165) is 10.5 Å². The Morgan fingerprint density at radius 1 is 1.40 bits per heavy atom. The highest BCUT2D eigenvalue weighted by molar-refractivity contribution is 8.00. The van der Waals surface area contributed by atoms with Gasteiger partial charge in [0.1, 0.15) is 0 Å². The lowest BCUT2D eigenvalue weighted by Crippen LogP contribution is -2.13. The molecule has 1 aromatic carbocycles. The van der Waals surface area contributed by atoms with Gasteiger partial charge in [-0.2, -0.15) is 0 Å². The van der Waals surface area contributed by atoms with Crippen LogP contribution in [0.3, 0.4) is 0 Å². The molecule has 15 heavy (non-hydrogen) atoms. The molecule has 80 valence electrons. The molecule has 1 aliphatic carbocycles. The first kappa shape index (κ1) is 10.6. The molecule has 1 N–H and O–H groups in total. The molecule has 1 fully saturated rings. The van der Waals surface area contributed by atoms with Crippen molar-refractivity contribution in [1.82, 2.24) is 0 Å². The van der Waals surface area contributed by atoms with Gasteiger partial charge in [-0.05, 0) is 24.5 Å². The fraction of sp³-hybridized carbons (Fsp3) is 0.417. The van der Waals surface area contributed by atoms with Gasteiger partial charge in [0.2, 0.25) is 0 Å². The average Bonchev–Trinajstić information content (AvgIpc) is 2.13. The number of hydrogen-bond acceptors (Lipinski definition) is 2. The van der Waals surface area contributed by atoms with Crippen LogP contribution in [0.2, 0.25) is 0 Å². The van der Waals surface area contributed by atoms with Crippen molar-refractivity contribution in [2.24, 2.45) is 0 Å². The summed E-state index contributed by atoms with van der Waals surface area (Å²) in [5, 5.41) is 9.50. The van der Waals surface area contributed by atoms with Crippen molar-refractivity contribution in [1.29, 1.82) is 0 Å². The summed E-state index contributed by atoms with van der Waals surface area (Å²) in [5.41, 5.74) is 0.946. The molecule has 0 spiro atoms. The molecular weight excluding hydrogens is 208 g/mol. The summed E-state index contributed by atoms with van der Waals surface area (Å²) in [6, 6.07) is 7.83. The number of hydrogen-bond donors (Lipinski definition) is 1. The molecule has 0 amide bonds. The van der Waals surface area contributed by atoms with Gasteiger partial charge in [0.05, 0.1) is 6.42 Å². The molecule has 1 saturated carbocycles. The highest BCUT2D eigenvalue weighted by Crippen LogP contribution is 2.37. The summed E-state index contributed by atoms with van der Waals surface area (Å²) >= 11 is 1.84. The minimum atomic E-state index is -0.753. The summed E-state index contributed by atoms with van der Waals surface area (Å²) in [5.74, 6) is -0.753. The Bertz CT molecular complexity index is 358. The number of carboxylic acids is 1. The predicted octanol–water partition coefficient (Wildman–Crippen LogP) is 2.96. The van der Waals surface area contributed by atoms with Crippen LogP contribution in [0.15, 0.2) is 29.2 Å². The van der Waals surface area contributed by atoms with Crippen LogP contribution in [0.1, 0.15) is 24.8 Å². The largest absolute Gasteiger partial charge is 0.481 e. The third kappa shape index (κ3) is 2.75. The Labute approximate surface area is 93.7 Å². The van der Waals surface area contributed by atoms with E-state index in [9.17, 15) is 4.79 Å². The molecule has 0 bridgehead atoms. The van der Waals surface area contributed by atoms with Crippen LogP contribution < -0.4 is 0 Å². The molecule has 1 aromatic rings. The molecule has 0 aromatic heterocycles. The van der Waals surface area contributed by atoms with E-state index in [4.69, 9.17) is 5.11 Å². The quantitative estimate of drug-likeness (QED) is 0.851. The molecule has 0 saturated heterocycles. The molecule has 2 nitrogen and oxygen atoms in total. The number of thioether (sulfide) groups is 1. The minimum Gasteiger partial charge on any atom is -0.481 e. The Balaban J connectivity index is 2.09. The van der Waals surface area contributed by atoms with E-state index in [1.54, 1.807) is 0 Å². The zero-order valence-electron chi connectivity index (χ0n) is 8.48. The molecule has 1 aliphatic rings. The number of benzene rings is 1. The Morgan fingerprint density at radius 2 is 2.13 bits per heavy atom. The number of carboxylic acid groups (broad SMARTS) is 1. The molecule has 0 unspecified atom stereocenters. The SMILES string of the molecule is O=C(O)Cc1ccccc1SC1CCC1. The van der Waals surface area contributed by atoms with Crippen LogP contribution in [-0.4, -0.2) is 16.3 Å². The number of aliphatic carboxylic acids is 1. The van der Waals surface area contributed by atoms with E-state index in [-0.39, 0.29) is 6.42 Å². The van der Waals surface area contributed by atoms with Crippen molar-refractivity contribution in [3.63, 3.8) is 0 Å². The topological polar surface area (TPSA) is 37.3 Å². The normalized spacial score (nSPS) is 16.0. The van der Waals surface area contributed by atoms with Gasteiger partial charge in [0, 0.05) is 10.1 Å². The smallest absolute Gasteiger partial charge is 0.307 e. The maximum Gasteiger partial charge on any atom is 0.307 e. The Hall–Kier alpha value is -0.960. The summed E-state index contributed by atoms with van der Waals surface area (Å²) < 4.78 is 0. The zero-order chi connectivity index (χ0) is 10.7. The van der Waals surface area contributed by atoms with Crippen LogP contribution in [0.4, 0.5) is 0 Å². The second-order valence-electron chi connectivity index (χ2n) is 3.85. The lowest BCUT2D eigenvalue weighted by atomic mass is 10.00. The van der Waals surface area contributed by atoms with Crippen LogP contribution >= 0.6 is 11.8 Å². The van der Waals surface area contributed by atoms with Gasteiger partial charge in [-0.15, -0.1) is 11.8 Å². The van der Waals surface area contributed by atoms with E-state index in [2.05, 4.69) is 0 Å². The number of rotatable bonds is 4. The van der Waals surface area contributed by atoms with Gasteiger partial charge >= 0.3 is 5.97 Å². The van der Waals surface area contributed by atoms with Crippen LogP contribution in [0.5, 0.6) is 0 Å². The van der Waals surface area contributed by atoms with Gasteiger partial charge in [-0.1, -0.05) is 24.6 Å². The van der Waals surface area contributed by atoms with Gasteiger partial charge < -0.3 is 5.11 Å². The first-order chi connectivity index (χ1) is 7.25. The molecule has 0 heterocycles. The summed E-state index contributed by atoms with van der Waals surface area (Å²) in [6.45, 7) is 0. The lowest BCUT2D eigenvalue weighted by molar-refractivity contribution is -0.136.